The number of nitrogens with zero attached hydrogens (tertiary/aromatic N) is 1. The van der Waals surface area contributed by atoms with Crippen molar-refractivity contribution in [2.75, 3.05) is 0 Å². The van der Waals surface area contributed by atoms with Gasteiger partial charge in [-0.15, -0.1) is 0 Å². The van der Waals surface area contributed by atoms with Gasteiger partial charge in [0, 0.05) is 32.9 Å². The fourth-order valence-corrected chi connectivity index (χ4v) is 13.4. The van der Waals surface area contributed by atoms with Crippen LogP contribution < -0.4 is 41.1 Å². The first-order chi connectivity index (χ1) is 36.4. The molecule has 0 spiro atoms. The molecule has 0 bridgehead atoms. The summed E-state index contributed by atoms with van der Waals surface area (Å²) in [7, 11) is -3.26. The molecule has 0 radical (unpaired) electrons. The van der Waals surface area contributed by atoms with Crippen LogP contribution in [0.2, 0.25) is 0 Å². The number of ether oxygens (including phenoxy) is 1. The standard InChI is InChI=1S/C54H36BNO2Si/c1-4-18-40(19-5-1)59(41-20-6-2-7-21-41,42-22-8-3-9-23-42)43-24-16-17-37(33-43)38-34-47-46-36-39(56-49-28-13-10-25-44(49)45-26-11-14-29-50(45)56)31-32-51(46)58-55-48-27-12-15-30-52(48)57-53(35-38)54(47)55/h1-36H/i10D,11D,12D,13D,14D,15D,25D,26D,27D,28D,29D,30D,31D,32D,34D,35D,36D. The van der Waals surface area contributed by atoms with Crippen LogP contribution in [0.5, 0.6) is 17.2 Å². The molecule has 12 rings (SSSR count). The van der Waals surface area contributed by atoms with Gasteiger partial charge in [0.25, 0.3) is 0 Å². The second kappa shape index (κ2) is 13.4. The SMILES string of the molecule is [2H]c1c([2H])c([2H])c2c(c1[2H])Oc1c([2H])c(-c3cccc([Si](c4ccccc4)(c4ccccc4)c4ccccc4)c3)c([2H])c3c1B2Oc1c([2H])c([2H])c(-n2c4c([2H])c([2H])c([2H])c([2H])c4c4c([2H])c([2H])c([2H])c([2H])c42)c([2H])c1-3. The number of para-hydroxylation sites is 3. The molecule has 0 unspecified atom stereocenters. The third-order valence-electron chi connectivity index (χ3n) is 11.1. The molecule has 0 N–H and O–H groups in total. The van der Waals surface area contributed by atoms with Crippen LogP contribution in [-0.4, -0.2) is 19.6 Å². The molecular formula is C54H36BNO2Si. The molecule has 0 atom stereocenters. The molecule has 9 aromatic carbocycles. The molecule has 3 nitrogen and oxygen atoms in total. The topological polar surface area (TPSA) is 23.4 Å². The summed E-state index contributed by atoms with van der Waals surface area (Å²) in [5, 5.41) is 3.30. The molecule has 1 aromatic heterocycles. The van der Waals surface area contributed by atoms with Gasteiger partial charge < -0.3 is 14.0 Å². The Bertz CT molecular complexity index is 4050. The first kappa shape index (κ1) is 20.9. The lowest BCUT2D eigenvalue weighted by Crippen LogP contribution is -2.74. The Balaban J connectivity index is 1.22. The van der Waals surface area contributed by atoms with Gasteiger partial charge in [0.15, 0.2) is 8.07 Å². The molecule has 0 fully saturated rings. The van der Waals surface area contributed by atoms with Crippen LogP contribution >= 0.6 is 0 Å². The van der Waals surface area contributed by atoms with Crippen molar-refractivity contribution in [3.05, 3.63) is 218 Å². The van der Waals surface area contributed by atoms with Crippen molar-refractivity contribution in [1.82, 2.24) is 4.57 Å². The maximum absolute atomic E-state index is 10.4. The van der Waals surface area contributed by atoms with Gasteiger partial charge in [-0.05, 0) is 85.8 Å². The van der Waals surface area contributed by atoms with Crippen molar-refractivity contribution in [3.8, 4) is 45.2 Å². The number of benzene rings is 9. The molecule has 2 aliphatic heterocycles. The summed E-state index contributed by atoms with van der Waals surface area (Å²) in [5.41, 5.74) is -1.87. The third-order valence-corrected chi connectivity index (χ3v) is 15.9. The lowest BCUT2D eigenvalue weighted by atomic mass is 9.50. The molecular weight excluding hydrogens is 733 g/mol. The van der Waals surface area contributed by atoms with E-state index in [9.17, 15) is 9.60 Å². The van der Waals surface area contributed by atoms with Gasteiger partial charge in [-0.25, -0.2) is 0 Å². The fourth-order valence-electron chi connectivity index (χ4n) is 8.63. The fraction of sp³-hybridized carbons (Fsp3) is 0. The van der Waals surface area contributed by atoms with Gasteiger partial charge in [0.05, 0.1) is 34.3 Å². The minimum absolute atomic E-state index is 0.0360. The molecule has 2 aliphatic rings. The van der Waals surface area contributed by atoms with Crippen molar-refractivity contribution in [3.63, 3.8) is 0 Å². The van der Waals surface area contributed by atoms with E-state index in [2.05, 4.69) is 36.4 Å². The highest BCUT2D eigenvalue weighted by Gasteiger charge is 2.43. The zero-order valence-corrected chi connectivity index (χ0v) is 31.8. The van der Waals surface area contributed by atoms with Crippen LogP contribution in [0.3, 0.4) is 0 Å². The summed E-state index contributed by atoms with van der Waals surface area (Å²) in [6, 6.07) is 26.6. The summed E-state index contributed by atoms with van der Waals surface area (Å²) in [4.78, 5) is 0. The quantitative estimate of drug-likeness (QED) is 0.124. The van der Waals surface area contributed by atoms with Gasteiger partial charge in [0.1, 0.15) is 17.2 Å². The highest BCUT2D eigenvalue weighted by Crippen LogP contribution is 2.43. The summed E-state index contributed by atoms with van der Waals surface area (Å²) in [6.45, 7) is -1.59. The zero-order chi connectivity index (χ0) is 53.7. The Morgan fingerprint density at radius 1 is 0.475 bits per heavy atom. The number of hydrogen-bond donors (Lipinski definition) is 0. The first-order valence-electron chi connectivity index (χ1n) is 27.4. The smallest absolute Gasteiger partial charge is 0.434 e. The van der Waals surface area contributed by atoms with Crippen molar-refractivity contribution in [1.29, 1.82) is 0 Å². The van der Waals surface area contributed by atoms with Gasteiger partial charge in [-0.2, -0.15) is 0 Å². The van der Waals surface area contributed by atoms with Crippen LogP contribution in [0.25, 0.3) is 49.7 Å². The van der Waals surface area contributed by atoms with Gasteiger partial charge in [-0.1, -0.05) is 170 Å². The Labute approximate surface area is 368 Å². The molecule has 3 heterocycles. The Morgan fingerprint density at radius 3 is 1.73 bits per heavy atom. The number of fused-ring (bicyclic) bond motifs is 7. The lowest BCUT2D eigenvalue weighted by Gasteiger charge is -2.35. The lowest BCUT2D eigenvalue weighted by molar-refractivity contribution is 0.479. The maximum Gasteiger partial charge on any atom is 0.434 e. The second-order valence-corrected chi connectivity index (χ2v) is 18.0. The third kappa shape index (κ3) is 5.15. The molecule has 59 heavy (non-hydrogen) atoms. The van der Waals surface area contributed by atoms with Gasteiger partial charge in [-0.3, -0.25) is 0 Å². The average molecular weight is 787 g/mol. The van der Waals surface area contributed by atoms with Crippen LogP contribution in [0.4, 0.5) is 0 Å². The molecule has 0 aliphatic carbocycles. The van der Waals surface area contributed by atoms with E-state index in [1.165, 1.54) is 0 Å². The summed E-state index contributed by atoms with van der Waals surface area (Å²) >= 11 is 0. The number of aromatic nitrogens is 1. The largest absolute Gasteiger partial charge is 0.551 e. The monoisotopic (exact) mass is 786 g/mol. The Kier molecular flexibility index (Phi) is 4.74. The molecule has 276 valence electrons. The molecule has 0 saturated carbocycles. The maximum atomic E-state index is 10.4. The van der Waals surface area contributed by atoms with Crippen molar-refractivity contribution >= 4 is 68.5 Å². The summed E-state index contributed by atoms with van der Waals surface area (Å²) in [5.74, 6) is -1.12. The minimum atomic E-state index is -3.26. The van der Waals surface area contributed by atoms with E-state index in [1.54, 1.807) is 6.07 Å². The molecule has 5 heteroatoms. The second-order valence-electron chi connectivity index (χ2n) is 14.2. The van der Waals surface area contributed by atoms with E-state index in [4.69, 9.17) is 23.1 Å². The zero-order valence-electron chi connectivity index (χ0n) is 47.8. The Morgan fingerprint density at radius 2 is 1.07 bits per heavy atom. The molecule has 0 saturated heterocycles. The highest BCUT2D eigenvalue weighted by atomic mass is 28.3. The van der Waals surface area contributed by atoms with Crippen LogP contribution in [0, 0.1) is 0 Å². The van der Waals surface area contributed by atoms with Crippen LogP contribution in [0.15, 0.2) is 218 Å². The predicted molar refractivity (Wildman–Crippen MR) is 247 cm³/mol. The van der Waals surface area contributed by atoms with E-state index in [0.29, 0.717) is 5.56 Å². The Hall–Kier alpha value is -7.34. The van der Waals surface area contributed by atoms with Gasteiger partial charge in [0.2, 0.25) is 0 Å². The summed E-state index contributed by atoms with van der Waals surface area (Å²) in [6.07, 6.45) is 0. The highest BCUT2D eigenvalue weighted by molar-refractivity contribution is 7.19. The molecule has 10 aromatic rings. The van der Waals surface area contributed by atoms with Crippen molar-refractivity contribution < 1.29 is 32.7 Å². The predicted octanol–water partition coefficient (Wildman–Crippen LogP) is 9.10. The summed E-state index contributed by atoms with van der Waals surface area (Å²) < 4.78 is 170. The van der Waals surface area contributed by atoms with E-state index >= 15 is 0 Å². The number of rotatable bonds is 6. The first-order valence-corrected chi connectivity index (χ1v) is 20.9. The number of hydrogen-bond acceptors (Lipinski definition) is 2. The van der Waals surface area contributed by atoms with E-state index < -0.39 is 134 Å². The van der Waals surface area contributed by atoms with Gasteiger partial charge >= 0.3 is 6.92 Å². The van der Waals surface area contributed by atoms with Crippen LogP contribution in [0.1, 0.15) is 23.3 Å². The average Bonchev–Trinajstić information content (AvgIpc) is 3.79. The minimum Gasteiger partial charge on any atom is -0.551 e. The van der Waals surface area contributed by atoms with Crippen LogP contribution in [-0.2, 0) is 0 Å². The van der Waals surface area contributed by atoms with Crippen molar-refractivity contribution in [2.24, 2.45) is 0 Å². The van der Waals surface area contributed by atoms with E-state index in [0.717, 1.165) is 25.3 Å². The normalized spacial score (nSPS) is 16.7. The van der Waals surface area contributed by atoms with Crippen molar-refractivity contribution in [2.45, 2.75) is 0 Å². The van der Waals surface area contributed by atoms with E-state index in [1.807, 2.05) is 72.8 Å². The molecule has 0 amide bonds. The van der Waals surface area contributed by atoms with E-state index in [-0.39, 0.29) is 55.9 Å².